The highest BCUT2D eigenvalue weighted by Crippen LogP contribution is 2.07. The zero-order chi connectivity index (χ0) is 9.72. The van der Waals surface area contributed by atoms with Gasteiger partial charge in [0.15, 0.2) is 0 Å². The fourth-order valence-corrected chi connectivity index (χ4v) is 1.06. The number of rotatable bonds is 5. The molecule has 0 aliphatic rings. The van der Waals surface area contributed by atoms with Crippen LogP contribution < -0.4 is 11.5 Å². The Balaban J connectivity index is 3.76. The molecule has 2 atom stereocenters. The van der Waals surface area contributed by atoms with Crippen molar-refractivity contribution >= 4 is 5.91 Å². The number of amides is 1. The molecule has 5 N–H and O–H groups in total. The lowest BCUT2D eigenvalue weighted by atomic mass is 9.98. The summed E-state index contributed by atoms with van der Waals surface area (Å²) in [5.41, 5.74) is 10.5. The Morgan fingerprint density at radius 2 is 2.00 bits per heavy atom. The minimum atomic E-state index is -0.801. The number of hydrogen-bond donors (Lipinski definition) is 3. The third-order valence-corrected chi connectivity index (χ3v) is 1.65. The lowest BCUT2D eigenvalue weighted by Crippen LogP contribution is -2.38. The summed E-state index contributed by atoms with van der Waals surface area (Å²) in [6.45, 7) is 4.02. The van der Waals surface area contributed by atoms with Crippen molar-refractivity contribution < 1.29 is 9.90 Å². The van der Waals surface area contributed by atoms with Gasteiger partial charge in [0.25, 0.3) is 0 Å². The first-order chi connectivity index (χ1) is 5.43. The van der Waals surface area contributed by atoms with Crippen molar-refractivity contribution in [1.29, 1.82) is 0 Å². The van der Waals surface area contributed by atoms with Crippen LogP contribution in [0.4, 0.5) is 0 Å². The average Bonchev–Trinajstić information content (AvgIpc) is 1.84. The van der Waals surface area contributed by atoms with Crippen molar-refractivity contribution in [2.24, 2.45) is 17.4 Å². The topological polar surface area (TPSA) is 89.3 Å². The fraction of sp³-hybridized carbons (Fsp3) is 0.875. The van der Waals surface area contributed by atoms with E-state index in [1.54, 1.807) is 0 Å². The van der Waals surface area contributed by atoms with Gasteiger partial charge >= 0.3 is 0 Å². The molecule has 0 fully saturated rings. The summed E-state index contributed by atoms with van der Waals surface area (Å²) in [6, 6.07) is -0.350. The second kappa shape index (κ2) is 5.11. The molecule has 0 aromatic rings. The van der Waals surface area contributed by atoms with Crippen molar-refractivity contribution in [3.05, 3.63) is 0 Å². The lowest BCUT2D eigenvalue weighted by Gasteiger charge is -2.18. The van der Waals surface area contributed by atoms with Gasteiger partial charge in [0, 0.05) is 6.04 Å². The molecule has 0 aromatic heterocycles. The number of primary amides is 1. The Kier molecular flexibility index (Phi) is 4.85. The highest BCUT2D eigenvalue weighted by atomic mass is 16.3. The molecule has 72 valence electrons. The van der Waals surface area contributed by atoms with Gasteiger partial charge in [-0.2, -0.15) is 0 Å². The maximum Gasteiger partial charge on any atom is 0.220 e. The Labute approximate surface area is 72.9 Å². The van der Waals surface area contributed by atoms with Crippen LogP contribution in [0, 0.1) is 5.92 Å². The molecular weight excluding hydrogens is 156 g/mol. The van der Waals surface area contributed by atoms with E-state index in [1.165, 1.54) is 0 Å². The summed E-state index contributed by atoms with van der Waals surface area (Å²) < 4.78 is 0. The summed E-state index contributed by atoms with van der Waals surface area (Å²) in [6.07, 6.45) is -0.146. The number of carbonyl (C=O) groups excluding carboxylic acids is 1. The first kappa shape index (κ1) is 11.4. The Morgan fingerprint density at radius 1 is 1.50 bits per heavy atom. The van der Waals surface area contributed by atoms with Gasteiger partial charge in [-0.25, -0.2) is 0 Å². The summed E-state index contributed by atoms with van der Waals surface area (Å²) in [5, 5.41) is 9.31. The third-order valence-electron chi connectivity index (χ3n) is 1.65. The Hall–Kier alpha value is -0.610. The molecule has 0 radical (unpaired) electrons. The minimum absolute atomic E-state index is 0.0477. The zero-order valence-electron chi connectivity index (χ0n) is 7.66. The predicted octanol–water partition coefficient (Wildman–Crippen LogP) is -0.404. The number of nitrogens with two attached hydrogens (primary N) is 2. The van der Waals surface area contributed by atoms with Gasteiger partial charge in [-0.05, 0) is 12.3 Å². The number of hydrogen-bond acceptors (Lipinski definition) is 3. The molecule has 0 bridgehead atoms. The molecular formula is C8H18N2O2. The standard InChI is InChI=1S/C8H18N2O2/c1-5(2)3-6(9)7(11)4-8(10)12/h5-7,11H,3-4,9H2,1-2H3,(H2,10,12)/t6-,7+/m1/s1. The summed E-state index contributed by atoms with van der Waals surface area (Å²) in [4.78, 5) is 10.4. The van der Waals surface area contributed by atoms with E-state index in [9.17, 15) is 9.90 Å². The van der Waals surface area contributed by atoms with Crippen molar-refractivity contribution in [2.45, 2.75) is 38.8 Å². The number of carbonyl (C=O) groups is 1. The third kappa shape index (κ3) is 5.09. The monoisotopic (exact) mass is 174 g/mol. The molecule has 12 heavy (non-hydrogen) atoms. The summed E-state index contributed by atoms with van der Waals surface area (Å²) >= 11 is 0. The molecule has 0 spiro atoms. The number of aliphatic hydroxyl groups is 1. The predicted molar refractivity (Wildman–Crippen MR) is 47.2 cm³/mol. The van der Waals surface area contributed by atoms with Crippen molar-refractivity contribution in [3.8, 4) is 0 Å². The molecule has 0 heterocycles. The van der Waals surface area contributed by atoms with Crippen LogP contribution in [0.1, 0.15) is 26.7 Å². The molecule has 1 amide bonds. The van der Waals surface area contributed by atoms with Gasteiger partial charge in [-0.15, -0.1) is 0 Å². The van der Waals surface area contributed by atoms with E-state index in [-0.39, 0.29) is 12.5 Å². The van der Waals surface area contributed by atoms with Gasteiger partial charge in [-0.3, -0.25) is 4.79 Å². The normalized spacial score (nSPS) is 16.1. The number of aliphatic hydroxyl groups excluding tert-OH is 1. The van der Waals surface area contributed by atoms with Gasteiger partial charge in [0.1, 0.15) is 0 Å². The molecule has 0 aliphatic carbocycles. The van der Waals surface area contributed by atoms with Crippen LogP contribution in [0.25, 0.3) is 0 Å². The molecule has 0 saturated carbocycles. The second-order valence-corrected chi connectivity index (χ2v) is 3.53. The smallest absolute Gasteiger partial charge is 0.220 e. The van der Waals surface area contributed by atoms with E-state index in [0.717, 1.165) is 0 Å². The van der Waals surface area contributed by atoms with E-state index in [2.05, 4.69) is 0 Å². The van der Waals surface area contributed by atoms with Crippen LogP contribution in [0.15, 0.2) is 0 Å². The van der Waals surface area contributed by atoms with E-state index < -0.39 is 12.0 Å². The second-order valence-electron chi connectivity index (χ2n) is 3.53. The molecule has 0 saturated heterocycles. The molecule has 0 aliphatic heterocycles. The summed E-state index contributed by atoms with van der Waals surface area (Å²) in [7, 11) is 0. The molecule has 0 unspecified atom stereocenters. The Morgan fingerprint density at radius 3 is 2.33 bits per heavy atom. The van der Waals surface area contributed by atoms with Gasteiger partial charge in [0.2, 0.25) is 5.91 Å². The molecule has 0 aromatic carbocycles. The van der Waals surface area contributed by atoms with Crippen LogP contribution in [-0.4, -0.2) is 23.2 Å². The average molecular weight is 174 g/mol. The van der Waals surface area contributed by atoms with E-state index >= 15 is 0 Å². The fourth-order valence-electron chi connectivity index (χ4n) is 1.06. The van der Waals surface area contributed by atoms with Crippen molar-refractivity contribution in [2.75, 3.05) is 0 Å². The van der Waals surface area contributed by atoms with Crippen molar-refractivity contribution in [1.82, 2.24) is 0 Å². The first-order valence-corrected chi connectivity index (χ1v) is 4.15. The first-order valence-electron chi connectivity index (χ1n) is 4.15. The van der Waals surface area contributed by atoms with Crippen molar-refractivity contribution in [3.63, 3.8) is 0 Å². The van der Waals surface area contributed by atoms with Gasteiger partial charge in [-0.1, -0.05) is 13.8 Å². The van der Waals surface area contributed by atoms with Crippen LogP contribution in [0.5, 0.6) is 0 Å². The molecule has 0 rings (SSSR count). The molecule has 4 nitrogen and oxygen atoms in total. The van der Waals surface area contributed by atoms with E-state index in [1.807, 2.05) is 13.8 Å². The SMILES string of the molecule is CC(C)C[C@@H](N)[C@@H](O)CC(N)=O. The highest BCUT2D eigenvalue weighted by Gasteiger charge is 2.17. The Bertz CT molecular complexity index is 148. The van der Waals surface area contributed by atoms with E-state index in [4.69, 9.17) is 11.5 Å². The van der Waals surface area contributed by atoms with Gasteiger partial charge in [0.05, 0.1) is 12.5 Å². The minimum Gasteiger partial charge on any atom is -0.391 e. The largest absolute Gasteiger partial charge is 0.391 e. The summed E-state index contributed by atoms with van der Waals surface area (Å²) in [5.74, 6) is -0.0933. The maximum absolute atomic E-state index is 10.4. The van der Waals surface area contributed by atoms with Crippen LogP contribution in [0.2, 0.25) is 0 Å². The van der Waals surface area contributed by atoms with Crippen LogP contribution >= 0.6 is 0 Å². The lowest BCUT2D eigenvalue weighted by molar-refractivity contribution is -0.120. The van der Waals surface area contributed by atoms with Crippen LogP contribution in [-0.2, 0) is 4.79 Å². The molecule has 4 heteroatoms. The zero-order valence-corrected chi connectivity index (χ0v) is 7.66. The maximum atomic E-state index is 10.4. The highest BCUT2D eigenvalue weighted by molar-refractivity contribution is 5.74. The van der Waals surface area contributed by atoms with E-state index in [0.29, 0.717) is 12.3 Å². The van der Waals surface area contributed by atoms with Crippen LogP contribution in [0.3, 0.4) is 0 Å². The van der Waals surface area contributed by atoms with Gasteiger partial charge < -0.3 is 16.6 Å². The quantitative estimate of drug-likeness (QED) is 0.529.